The smallest absolute Gasteiger partial charge is 0.273 e. The molecule has 154 valence electrons. The monoisotopic (exact) mass is 423 g/mol. The maximum absolute atomic E-state index is 12.6. The van der Waals surface area contributed by atoms with Crippen molar-refractivity contribution in [3.05, 3.63) is 75.7 Å². The van der Waals surface area contributed by atoms with E-state index in [1.807, 2.05) is 23.1 Å². The summed E-state index contributed by atoms with van der Waals surface area (Å²) in [7, 11) is 0. The number of nitrogens with one attached hydrogen (secondary N) is 1. The van der Waals surface area contributed by atoms with E-state index in [-0.39, 0.29) is 30.0 Å². The first-order chi connectivity index (χ1) is 14.6. The van der Waals surface area contributed by atoms with Crippen LogP contribution in [-0.2, 0) is 11.2 Å². The van der Waals surface area contributed by atoms with E-state index in [9.17, 15) is 9.59 Å². The minimum absolute atomic E-state index is 0.0304. The molecule has 1 saturated heterocycles. The Morgan fingerprint density at radius 1 is 1.00 bits per heavy atom. The summed E-state index contributed by atoms with van der Waals surface area (Å²) < 4.78 is 0. The molecular formula is C22H22ClN5O2. The maximum atomic E-state index is 12.6. The molecule has 1 aromatic heterocycles. The van der Waals surface area contributed by atoms with Gasteiger partial charge in [-0.3, -0.25) is 9.59 Å². The number of halogens is 1. The van der Waals surface area contributed by atoms with Gasteiger partial charge < -0.3 is 14.8 Å². The molecule has 2 aromatic carbocycles. The molecule has 0 radical (unpaired) electrons. The number of rotatable bonds is 5. The summed E-state index contributed by atoms with van der Waals surface area (Å²) in [4.78, 5) is 31.8. The van der Waals surface area contributed by atoms with Gasteiger partial charge in [0.25, 0.3) is 5.56 Å². The molecule has 1 aliphatic rings. The molecule has 3 aromatic rings. The average molecular weight is 424 g/mol. The van der Waals surface area contributed by atoms with Crippen molar-refractivity contribution in [3.63, 3.8) is 0 Å². The fourth-order valence-corrected chi connectivity index (χ4v) is 3.72. The molecule has 0 bridgehead atoms. The third-order valence-electron chi connectivity index (χ3n) is 5.19. The lowest BCUT2D eigenvalue weighted by Crippen LogP contribution is -2.48. The van der Waals surface area contributed by atoms with E-state index in [2.05, 4.69) is 32.2 Å². The van der Waals surface area contributed by atoms with Crippen LogP contribution in [0.2, 0.25) is 5.02 Å². The van der Waals surface area contributed by atoms with Crippen molar-refractivity contribution >= 4 is 23.2 Å². The third kappa shape index (κ3) is 4.68. The molecule has 7 nitrogen and oxygen atoms in total. The molecule has 4 rings (SSSR count). The first-order valence-corrected chi connectivity index (χ1v) is 10.3. The van der Waals surface area contributed by atoms with E-state index in [0.717, 1.165) is 13.1 Å². The standard InChI is InChI=1S/C22H22ClN5O2/c23-17-6-4-5-16(15-17)21-24-22(30)19(25-26-21)9-10-20(29)28-13-11-27(12-14-28)18-7-2-1-3-8-18/h1-8,15H,9-14H2,(H,24,26,30). The zero-order chi connectivity index (χ0) is 20.9. The van der Waals surface area contributed by atoms with Gasteiger partial charge >= 0.3 is 0 Å². The van der Waals surface area contributed by atoms with Gasteiger partial charge in [-0.15, -0.1) is 10.2 Å². The largest absolute Gasteiger partial charge is 0.368 e. The highest BCUT2D eigenvalue weighted by molar-refractivity contribution is 6.30. The molecule has 2 heterocycles. The number of amides is 1. The number of H-pyrrole nitrogens is 1. The fourth-order valence-electron chi connectivity index (χ4n) is 3.53. The van der Waals surface area contributed by atoms with Gasteiger partial charge in [0, 0.05) is 55.3 Å². The van der Waals surface area contributed by atoms with Crippen LogP contribution in [0, 0.1) is 0 Å². The van der Waals surface area contributed by atoms with E-state index in [1.54, 1.807) is 24.3 Å². The minimum atomic E-state index is -0.332. The average Bonchev–Trinajstić information content (AvgIpc) is 2.79. The van der Waals surface area contributed by atoms with Crippen molar-refractivity contribution in [2.75, 3.05) is 31.1 Å². The van der Waals surface area contributed by atoms with Crippen LogP contribution in [0.5, 0.6) is 0 Å². The van der Waals surface area contributed by atoms with Gasteiger partial charge in [-0.05, 0) is 24.3 Å². The molecule has 0 aliphatic carbocycles. The number of nitrogens with zero attached hydrogens (tertiary/aromatic N) is 4. The molecule has 0 atom stereocenters. The molecule has 1 fully saturated rings. The predicted octanol–water partition coefficient (Wildman–Crippen LogP) is 2.77. The van der Waals surface area contributed by atoms with Crippen LogP contribution in [0.4, 0.5) is 5.69 Å². The topological polar surface area (TPSA) is 82.2 Å². The third-order valence-corrected chi connectivity index (χ3v) is 5.43. The number of carbonyl (C=O) groups excluding carboxylic acids is 1. The number of benzene rings is 2. The quantitative estimate of drug-likeness (QED) is 0.682. The van der Waals surface area contributed by atoms with Gasteiger partial charge in [-0.25, -0.2) is 0 Å². The van der Waals surface area contributed by atoms with Crippen molar-refractivity contribution < 1.29 is 4.79 Å². The highest BCUT2D eigenvalue weighted by atomic mass is 35.5. The lowest BCUT2D eigenvalue weighted by atomic mass is 10.2. The lowest BCUT2D eigenvalue weighted by Gasteiger charge is -2.36. The molecule has 1 aliphatic heterocycles. The second-order valence-corrected chi connectivity index (χ2v) is 7.60. The number of piperazine rings is 1. The van der Waals surface area contributed by atoms with E-state index < -0.39 is 0 Å². The molecule has 1 N–H and O–H groups in total. The number of aromatic amines is 1. The number of para-hydroxylation sites is 1. The second-order valence-electron chi connectivity index (χ2n) is 7.16. The predicted molar refractivity (Wildman–Crippen MR) is 117 cm³/mol. The Kier molecular flexibility index (Phi) is 6.09. The molecule has 30 heavy (non-hydrogen) atoms. The highest BCUT2D eigenvalue weighted by Gasteiger charge is 2.21. The van der Waals surface area contributed by atoms with Crippen molar-refractivity contribution in [1.29, 1.82) is 0 Å². The van der Waals surface area contributed by atoms with Gasteiger partial charge in [0.15, 0.2) is 5.82 Å². The Labute approximate surface area is 179 Å². The van der Waals surface area contributed by atoms with Gasteiger partial charge in [-0.2, -0.15) is 0 Å². The van der Waals surface area contributed by atoms with E-state index in [0.29, 0.717) is 29.5 Å². The van der Waals surface area contributed by atoms with Crippen LogP contribution in [0.3, 0.4) is 0 Å². The van der Waals surface area contributed by atoms with Crippen LogP contribution in [-0.4, -0.2) is 52.2 Å². The lowest BCUT2D eigenvalue weighted by molar-refractivity contribution is -0.131. The van der Waals surface area contributed by atoms with Gasteiger partial charge in [0.2, 0.25) is 5.91 Å². The van der Waals surface area contributed by atoms with Crippen molar-refractivity contribution in [1.82, 2.24) is 20.1 Å². The summed E-state index contributed by atoms with van der Waals surface area (Å²) >= 11 is 5.98. The number of hydrogen-bond acceptors (Lipinski definition) is 5. The second kappa shape index (κ2) is 9.09. The Morgan fingerprint density at radius 2 is 1.77 bits per heavy atom. The van der Waals surface area contributed by atoms with Crippen LogP contribution < -0.4 is 10.5 Å². The summed E-state index contributed by atoms with van der Waals surface area (Å²) in [5, 5.41) is 8.68. The summed E-state index contributed by atoms with van der Waals surface area (Å²) in [6, 6.07) is 17.2. The first kappa shape index (κ1) is 20.1. The Morgan fingerprint density at radius 3 is 2.47 bits per heavy atom. The summed E-state index contributed by atoms with van der Waals surface area (Å²) in [6.45, 7) is 2.93. The van der Waals surface area contributed by atoms with Crippen LogP contribution in [0.1, 0.15) is 12.1 Å². The van der Waals surface area contributed by atoms with E-state index in [4.69, 9.17) is 11.6 Å². The summed E-state index contributed by atoms with van der Waals surface area (Å²) in [5.41, 5.74) is 1.79. The Hall–Kier alpha value is -3.19. The van der Waals surface area contributed by atoms with Gasteiger partial charge in [-0.1, -0.05) is 41.9 Å². The maximum Gasteiger partial charge on any atom is 0.273 e. The normalized spacial score (nSPS) is 14.0. The zero-order valence-electron chi connectivity index (χ0n) is 16.4. The van der Waals surface area contributed by atoms with Crippen LogP contribution in [0.15, 0.2) is 59.4 Å². The summed E-state index contributed by atoms with van der Waals surface area (Å²) in [5.74, 6) is 0.387. The van der Waals surface area contributed by atoms with E-state index >= 15 is 0 Å². The highest BCUT2D eigenvalue weighted by Crippen LogP contribution is 2.18. The molecule has 1 amide bonds. The first-order valence-electron chi connectivity index (χ1n) is 9.90. The van der Waals surface area contributed by atoms with Crippen molar-refractivity contribution in [2.45, 2.75) is 12.8 Å². The zero-order valence-corrected chi connectivity index (χ0v) is 17.2. The van der Waals surface area contributed by atoms with Crippen molar-refractivity contribution in [3.8, 4) is 11.4 Å². The SMILES string of the molecule is O=C(CCc1nnc(-c2cccc(Cl)c2)[nH]c1=O)N1CCN(c2ccccc2)CC1. The number of anilines is 1. The Balaban J connectivity index is 1.32. The van der Waals surface area contributed by atoms with Gasteiger partial charge in [0.05, 0.1) is 0 Å². The fraction of sp³-hybridized carbons (Fsp3) is 0.273. The number of aryl methyl sites for hydroxylation is 1. The van der Waals surface area contributed by atoms with Crippen LogP contribution in [0.25, 0.3) is 11.4 Å². The minimum Gasteiger partial charge on any atom is -0.368 e. The summed E-state index contributed by atoms with van der Waals surface area (Å²) in [6.07, 6.45) is 0.496. The van der Waals surface area contributed by atoms with Gasteiger partial charge in [0.1, 0.15) is 5.69 Å². The van der Waals surface area contributed by atoms with E-state index in [1.165, 1.54) is 5.69 Å². The Bertz CT molecular complexity index is 1080. The molecular weight excluding hydrogens is 402 g/mol. The van der Waals surface area contributed by atoms with Crippen molar-refractivity contribution in [2.24, 2.45) is 0 Å². The molecule has 0 saturated carbocycles. The molecule has 0 unspecified atom stereocenters. The molecule has 8 heteroatoms. The number of carbonyl (C=O) groups is 1. The molecule has 0 spiro atoms. The van der Waals surface area contributed by atoms with Crippen LogP contribution >= 0.6 is 11.6 Å². The number of aromatic nitrogens is 3. The number of hydrogen-bond donors (Lipinski definition) is 1.